The van der Waals surface area contributed by atoms with E-state index in [0.29, 0.717) is 13.2 Å². The molecule has 0 fully saturated rings. The molecule has 0 aliphatic heterocycles. The first-order valence-electron chi connectivity index (χ1n) is 8.02. The van der Waals surface area contributed by atoms with Gasteiger partial charge >= 0.3 is 0 Å². The summed E-state index contributed by atoms with van der Waals surface area (Å²) < 4.78 is 31.8. The molecular weight excluding hydrogens is 328 g/mol. The maximum Gasteiger partial charge on any atom is 0.240 e. The van der Waals surface area contributed by atoms with Gasteiger partial charge in [-0.2, -0.15) is 0 Å². The number of rotatable bonds is 9. The van der Waals surface area contributed by atoms with Crippen LogP contribution in [0.2, 0.25) is 0 Å². The third kappa shape index (κ3) is 6.98. The zero-order valence-electron chi connectivity index (χ0n) is 14.9. The molecule has 136 valence electrons. The summed E-state index contributed by atoms with van der Waals surface area (Å²) in [6, 6.07) is 6.82. The lowest BCUT2D eigenvalue weighted by molar-refractivity contribution is -0.120. The van der Waals surface area contributed by atoms with Gasteiger partial charge in [0.05, 0.1) is 4.90 Å². The van der Waals surface area contributed by atoms with Crippen molar-refractivity contribution in [3.8, 4) is 0 Å². The highest BCUT2D eigenvalue weighted by Crippen LogP contribution is 2.23. The quantitative estimate of drug-likeness (QED) is 0.661. The Balaban J connectivity index is 2.48. The largest absolute Gasteiger partial charge is 0.385 e. The predicted octanol–water partition coefficient (Wildman–Crippen LogP) is 1.81. The zero-order valence-corrected chi connectivity index (χ0v) is 15.7. The van der Waals surface area contributed by atoms with Gasteiger partial charge in [0, 0.05) is 33.2 Å². The minimum atomic E-state index is -3.60. The summed E-state index contributed by atoms with van der Waals surface area (Å²) in [5.41, 5.74) is 1.04. The molecule has 0 aliphatic carbocycles. The lowest BCUT2D eigenvalue weighted by atomic mass is 9.87. The van der Waals surface area contributed by atoms with E-state index >= 15 is 0 Å². The molecule has 24 heavy (non-hydrogen) atoms. The van der Waals surface area contributed by atoms with Crippen molar-refractivity contribution in [2.75, 3.05) is 26.8 Å². The minimum Gasteiger partial charge on any atom is -0.385 e. The topological polar surface area (TPSA) is 84.5 Å². The Morgan fingerprint density at radius 2 is 1.75 bits per heavy atom. The molecule has 0 aliphatic rings. The lowest BCUT2D eigenvalue weighted by Crippen LogP contribution is -2.31. The van der Waals surface area contributed by atoms with Gasteiger partial charge in [-0.15, -0.1) is 0 Å². The van der Waals surface area contributed by atoms with E-state index in [2.05, 4.69) is 30.8 Å². The number of amides is 1. The fourth-order valence-electron chi connectivity index (χ4n) is 2.05. The van der Waals surface area contributed by atoms with Crippen molar-refractivity contribution in [3.63, 3.8) is 0 Å². The van der Waals surface area contributed by atoms with E-state index in [1.807, 2.05) is 12.1 Å². The molecule has 0 unspecified atom stereocenters. The molecule has 2 N–H and O–H groups in total. The third-order valence-corrected chi connectivity index (χ3v) is 5.00. The Kier molecular flexibility index (Phi) is 7.86. The summed E-state index contributed by atoms with van der Waals surface area (Å²) in [4.78, 5) is 11.8. The van der Waals surface area contributed by atoms with Gasteiger partial charge in [-0.3, -0.25) is 4.79 Å². The summed E-state index contributed by atoms with van der Waals surface area (Å²) >= 11 is 0. The fraction of sp³-hybridized carbons (Fsp3) is 0.588. The van der Waals surface area contributed by atoms with Crippen LogP contribution >= 0.6 is 0 Å². The SMILES string of the molecule is COCCCNC(=O)CCNS(=O)(=O)c1ccc(C(C)(C)C)cc1. The maximum atomic E-state index is 12.2. The van der Waals surface area contributed by atoms with Crippen LogP contribution in [0.25, 0.3) is 0 Å². The number of benzene rings is 1. The molecule has 1 rings (SSSR count). The Labute approximate surface area is 145 Å². The third-order valence-electron chi connectivity index (χ3n) is 3.52. The molecule has 0 heterocycles. The van der Waals surface area contributed by atoms with Crippen molar-refractivity contribution in [2.45, 2.75) is 43.9 Å². The second-order valence-corrected chi connectivity index (χ2v) is 8.39. The van der Waals surface area contributed by atoms with E-state index < -0.39 is 10.0 Å². The van der Waals surface area contributed by atoms with E-state index in [-0.39, 0.29) is 29.2 Å². The molecule has 0 aromatic heterocycles. The summed E-state index contributed by atoms with van der Waals surface area (Å²) in [5, 5.41) is 2.71. The van der Waals surface area contributed by atoms with Gasteiger partial charge in [0.25, 0.3) is 0 Å². The average Bonchev–Trinajstić information content (AvgIpc) is 2.51. The van der Waals surface area contributed by atoms with Crippen LogP contribution in [0.1, 0.15) is 39.2 Å². The summed E-state index contributed by atoms with van der Waals surface area (Å²) in [7, 11) is -2.00. The Hall–Kier alpha value is -1.44. The van der Waals surface area contributed by atoms with Crippen LogP contribution < -0.4 is 10.0 Å². The number of carbonyl (C=O) groups is 1. The average molecular weight is 356 g/mol. The van der Waals surface area contributed by atoms with E-state index in [9.17, 15) is 13.2 Å². The minimum absolute atomic E-state index is 0.0311. The van der Waals surface area contributed by atoms with Crippen LogP contribution in [-0.4, -0.2) is 41.1 Å². The molecule has 0 saturated heterocycles. The molecule has 0 atom stereocenters. The van der Waals surface area contributed by atoms with Gasteiger partial charge < -0.3 is 10.1 Å². The molecule has 1 amide bonds. The van der Waals surface area contributed by atoms with Crippen LogP contribution in [0.15, 0.2) is 29.2 Å². The van der Waals surface area contributed by atoms with Crippen LogP contribution in [-0.2, 0) is 25.0 Å². The standard InChI is InChI=1S/C17H28N2O4S/c1-17(2,3)14-6-8-15(9-7-14)24(21,22)19-12-10-16(20)18-11-5-13-23-4/h6-9,19H,5,10-13H2,1-4H3,(H,18,20). The van der Waals surface area contributed by atoms with Gasteiger partial charge in [0.15, 0.2) is 0 Å². The predicted molar refractivity (Wildman–Crippen MR) is 94.5 cm³/mol. The molecule has 0 saturated carbocycles. The van der Waals surface area contributed by atoms with Crippen LogP contribution in [0.3, 0.4) is 0 Å². The van der Waals surface area contributed by atoms with Crippen molar-refractivity contribution < 1.29 is 17.9 Å². The number of hydrogen-bond acceptors (Lipinski definition) is 4. The Morgan fingerprint density at radius 3 is 2.29 bits per heavy atom. The number of methoxy groups -OCH3 is 1. The van der Waals surface area contributed by atoms with Crippen LogP contribution in [0.5, 0.6) is 0 Å². The highest BCUT2D eigenvalue weighted by Gasteiger charge is 2.17. The number of carbonyl (C=O) groups excluding carboxylic acids is 1. The molecule has 1 aromatic carbocycles. The van der Waals surface area contributed by atoms with E-state index in [1.165, 1.54) is 0 Å². The van der Waals surface area contributed by atoms with Crippen molar-refractivity contribution in [3.05, 3.63) is 29.8 Å². The Bertz CT molecular complexity index is 619. The van der Waals surface area contributed by atoms with Gasteiger partial charge in [0.1, 0.15) is 0 Å². The van der Waals surface area contributed by atoms with Crippen molar-refractivity contribution in [2.24, 2.45) is 0 Å². The number of hydrogen-bond donors (Lipinski definition) is 2. The second-order valence-electron chi connectivity index (χ2n) is 6.62. The van der Waals surface area contributed by atoms with Crippen LogP contribution in [0.4, 0.5) is 0 Å². The molecule has 6 nitrogen and oxygen atoms in total. The number of nitrogens with one attached hydrogen (secondary N) is 2. The van der Waals surface area contributed by atoms with Gasteiger partial charge in [0.2, 0.25) is 15.9 Å². The van der Waals surface area contributed by atoms with E-state index in [0.717, 1.165) is 12.0 Å². The van der Waals surface area contributed by atoms with Gasteiger partial charge in [-0.1, -0.05) is 32.9 Å². The molecule has 1 aromatic rings. The van der Waals surface area contributed by atoms with Gasteiger partial charge in [-0.05, 0) is 29.5 Å². The molecular formula is C17H28N2O4S. The molecule has 0 spiro atoms. The summed E-state index contributed by atoms with van der Waals surface area (Å²) in [6.45, 7) is 7.38. The monoisotopic (exact) mass is 356 g/mol. The normalized spacial score (nSPS) is 12.2. The van der Waals surface area contributed by atoms with Crippen LogP contribution in [0, 0.1) is 0 Å². The smallest absolute Gasteiger partial charge is 0.240 e. The van der Waals surface area contributed by atoms with Crippen molar-refractivity contribution in [1.82, 2.24) is 10.0 Å². The maximum absolute atomic E-state index is 12.2. The first-order valence-corrected chi connectivity index (χ1v) is 9.51. The van der Waals surface area contributed by atoms with Gasteiger partial charge in [-0.25, -0.2) is 13.1 Å². The first kappa shape index (κ1) is 20.6. The van der Waals surface area contributed by atoms with E-state index in [4.69, 9.17) is 4.74 Å². The molecule has 7 heteroatoms. The number of sulfonamides is 1. The highest BCUT2D eigenvalue weighted by atomic mass is 32.2. The van der Waals surface area contributed by atoms with Crippen molar-refractivity contribution >= 4 is 15.9 Å². The second kappa shape index (κ2) is 9.15. The van der Waals surface area contributed by atoms with Crippen molar-refractivity contribution in [1.29, 1.82) is 0 Å². The first-order chi connectivity index (χ1) is 11.2. The lowest BCUT2D eigenvalue weighted by Gasteiger charge is -2.19. The zero-order chi connectivity index (χ0) is 18.2. The molecule has 0 radical (unpaired) electrons. The highest BCUT2D eigenvalue weighted by molar-refractivity contribution is 7.89. The van der Waals surface area contributed by atoms with E-state index in [1.54, 1.807) is 19.2 Å². The fourth-order valence-corrected chi connectivity index (χ4v) is 3.08. The summed E-state index contributed by atoms with van der Waals surface area (Å²) in [5.74, 6) is -0.183. The number of ether oxygens (including phenoxy) is 1. The summed E-state index contributed by atoms with van der Waals surface area (Å²) in [6.07, 6.45) is 0.834. The molecule has 0 bridgehead atoms. The Morgan fingerprint density at radius 1 is 1.12 bits per heavy atom.